The molecule has 2 rings (SSSR count). The fourth-order valence-electron chi connectivity index (χ4n) is 3.23. The van der Waals surface area contributed by atoms with E-state index in [-0.39, 0.29) is 5.60 Å². The average Bonchev–Trinajstić information content (AvgIpc) is 2.79. The van der Waals surface area contributed by atoms with Crippen molar-refractivity contribution < 1.29 is 4.74 Å². The number of ether oxygens (including phenoxy) is 1. The van der Waals surface area contributed by atoms with Crippen molar-refractivity contribution in [2.75, 3.05) is 6.61 Å². The molecular formula is C14H22O. The molecule has 0 amide bonds. The minimum absolute atomic E-state index is 0.143. The van der Waals surface area contributed by atoms with Gasteiger partial charge in [-0.25, -0.2) is 0 Å². The van der Waals surface area contributed by atoms with Crippen molar-refractivity contribution in [3.05, 3.63) is 24.8 Å². The Labute approximate surface area is 93.2 Å². The van der Waals surface area contributed by atoms with Crippen LogP contribution >= 0.6 is 0 Å². The highest BCUT2D eigenvalue weighted by Gasteiger charge is 2.51. The van der Waals surface area contributed by atoms with E-state index in [0.29, 0.717) is 18.4 Å². The van der Waals surface area contributed by atoms with Crippen molar-refractivity contribution in [1.82, 2.24) is 0 Å². The summed E-state index contributed by atoms with van der Waals surface area (Å²) >= 11 is 0. The van der Waals surface area contributed by atoms with Gasteiger partial charge in [0.1, 0.15) is 0 Å². The number of unbranched alkanes of at least 4 members (excludes halogenated alkanes) is 1. The van der Waals surface area contributed by atoms with Crippen molar-refractivity contribution in [2.24, 2.45) is 11.8 Å². The highest BCUT2D eigenvalue weighted by atomic mass is 16.5. The van der Waals surface area contributed by atoms with Crippen LogP contribution in [-0.2, 0) is 4.74 Å². The molecule has 2 atom stereocenters. The van der Waals surface area contributed by atoms with E-state index in [2.05, 4.69) is 25.7 Å². The standard InChI is InChI=1S/C14H22O/c1-3-5-10-14(15-11-4-2)12-6-7-13(14)9-8-12/h4,6-7,12-13H,2-3,5,8-11H2,1H3/t12-,13-/m0/s1. The summed E-state index contributed by atoms with van der Waals surface area (Å²) in [4.78, 5) is 0. The molecule has 0 N–H and O–H groups in total. The van der Waals surface area contributed by atoms with E-state index >= 15 is 0 Å². The minimum atomic E-state index is 0.143. The molecule has 2 bridgehead atoms. The van der Waals surface area contributed by atoms with Crippen LogP contribution < -0.4 is 0 Å². The summed E-state index contributed by atoms with van der Waals surface area (Å²) in [6.45, 7) is 6.72. The monoisotopic (exact) mass is 206 g/mol. The van der Waals surface area contributed by atoms with Crippen LogP contribution in [0.5, 0.6) is 0 Å². The van der Waals surface area contributed by atoms with Gasteiger partial charge < -0.3 is 4.74 Å². The molecule has 2 aliphatic rings. The first kappa shape index (κ1) is 10.9. The van der Waals surface area contributed by atoms with Crippen molar-refractivity contribution in [3.8, 4) is 0 Å². The molecule has 0 aromatic heterocycles. The van der Waals surface area contributed by atoms with Gasteiger partial charge in [0, 0.05) is 11.8 Å². The van der Waals surface area contributed by atoms with Crippen molar-refractivity contribution >= 4 is 0 Å². The Bertz CT molecular complexity index is 240. The van der Waals surface area contributed by atoms with Crippen molar-refractivity contribution in [2.45, 2.75) is 44.6 Å². The van der Waals surface area contributed by atoms with E-state index in [0.717, 1.165) is 0 Å². The summed E-state index contributed by atoms with van der Waals surface area (Å²) in [6.07, 6.45) is 13.1. The number of hydrogen-bond donors (Lipinski definition) is 0. The maximum Gasteiger partial charge on any atom is 0.0811 e. The summed E-state index contributed by atoms with van der Waals surface area (Å²) in [5.41, 5.74) is 0.143. The van der Waals surface area contributed by atoms with Gasteiger partial charge in [0.25, 0.3) is 0 Å². The normalized spacial score (nSPS) is 37.4. The quantitative estimate of drug-likeness (QED) is 0.602. The third kappa shape index (κ3) is 1.78. The highest BCUT2D eigenvalue weighted by Crippen LogP contribution is 2.52. The summed E-state index contributed by atoms with van der Waals surface area (Å²) in [5, 5.41) is 0. The number of fused-ring (bicyclic) bond motifs is 2. The zero-order valence-electron chi connectivity index (χ0n) is 9.74. The molecule has 0 spiro atoms. The van der Waals surface area contributed by atoms with Crippen molar-refractivity contribution in [1.29, 1.82) is 0 Å². The molecule has 0 aromatic rings. The Hall–Kier alpha value is -0.560. The lowest BCUT2D eigenvalue weighted by Gasteiger charge is -2.34. The van der Waals surface area contributed by atoms with Crippen LogP contribution in [0, 0.1) is 11.8 Å². The van der Waals surface area contributed by atoms with Crippen LogP contribution in [-0.4, -0.2) is 12.2 Å². The summed E-state index contributed by atoms with van der Waals surface area (Å²) < 4.78 is 6.15. The van der Waals surface area contributed by atoms with Gasteiger partial charge in [0.2, 0.25) is 0 Å². The molecule has 2 aliphatic carbocycles. The molecule has 15 heavy (non-hydrogen) atoms. The first-order chi connectivity index (χ1) is 7.33. The predicted octanol–water partition coefficient (Wildman–Crippen LogP) is 3.71. The fraction of sp³-hybridized carbons (Fsp3) is 0.714. The van der Waals surface area contributed by atoms with Crippen LogP contribution in [0.25, 0.3) is 0 Å². The lowest BCUT2D eigenvalue weighted by molar-refractivity contribution is -0.0677. The van der Waals surface area contributed by atoms with Crippen LogP contribution in [0.4, 0.5) is 0 Å². The lowest BCUT2D eigenvalue weighted by Crippen LogP contribution is -2.38. The van der Waals surface area contributed by atoms with Crippen LogP contribution in [0.3, 0.4) is 0 Å². The van der Waals surface area contributed by atoms with Gasteiger partial charge in [-0.1, -0.05) is 38.0 Å². The molecule has 0 saturated heterocycles. The Morgan fingerprint density at radius 3 is 2.53 bits per heavy atom. The molecule has 0 heterocycles. The van der Waals surface area contributed by atoms with E-state index < -0.39 is 0 Å². The zero-order valence-corrected chi connectivity index (χ0v) is 9.74. The van der Waals surface area contributed by atoms with Gasteiger partial charge in [-0.2, -0.15) is 0 Å². The van der Waals surface area contributed by atoms with E-state index in [1.165, 1.54) is 32.1 Å². The molecule has 1 saturated carbocycles. The second-order valence-corrected chi connectivity index (χ2v) is 4.83. The van der Waals surface area contributed by atoms with Crippen LogP contribution in [0.1, 0.15) is 39.0 Å². The average molecular weight is 206 g/mol. The maximum atomic E-state index is 6.15. The van der Waals surface area contributed by atoms with Crippen molar-refractivity contribution in [3.63, 3.8) is 0 Å². The Morgan fingerprint density at radius 1 is 1.40 bits per heavy atom. The Morgan fingerprint density at radius 2 is 2.07 bits per heavy atom. The first-order valence-electron chi connectivity index (χ1n) is 6.26. The van der Waals surface area contributed by atoms with Gasteiger partial charge >= 0.3 is 0 Å². The predicted molar refractivity (Wildman–Crippen MR) is 63.8 cm³/mol. The third-order valence-electron chi connectivity index (χ3n) is 4.01. The molecule has 0 aliphatic heterocycles. The minimum Gasteiger partial charge on any atom is -0.370 e. The van der Waals surface area contributed by atoms with E-state index in [4.69, 9.17) is 4.74 Å². The van der Waals surface area contributed by atoms with E-state index in [1.54, 1.807) is 0 Å². The van der Waals surface area contributed by atoms with Gasteiger partial charge in [-0.3, -0.25) is 0 Å². The van der Waals surface area contributed by atoms with Gasteiger partial charge in [-0.05, 0) is 19.3 Å². The summed E-state index contributed by atoms with van der Waals surface area (Å²) in [5.74, 6) is 1.35. The maximum absolute atomic E-state index is 6.15. The number of rotatable bonds is 6. The molecule has 84 valence electrons. The number of hydrogen-bond acceptors (Lipinski definition) is 1. The lowest BCUT2D eigenvalue weighted by atomic mass is 9.85. The van der Waals surface area contributed by atoms with Gasteiger partial charge in [-0.15, -0.1) is 6.58 Å². The van der Waals surface area contributed by atoms with Gasteiger partial charge in [0.05, 0.1) is 12.2 Å². The Balaban J connectivity index is 2.06. The topological polar surface area (TPSA) is 9.23 Å². The largest absolute Gasteiger partial charge is 0.370 e. The SMILES string of the molecule is C=CCOC1(CCCC)[C@H]2C=C[C@H]1CC2. The molecule has 0 aromatic carbocycles. The smallest absolute Gasteiger partial charge is 0.0811 e. The summed E-state index contributed by atoms with van der Waals surface area (Å²) in [6, 6.07) is 0. The first-order valence-corrected chi connectivity index (χ1v) is 6.26. The molecule has 0 radical (unpaired) electrons. The molecule has 1 heteroatoms. The van der Waals surface area contributed by atoms with E-state index in [9.17, 15) is 0 Å². The Kier molecular flexibility index (Phi) is 3.30. The van der Waals surface area contributed by atoms with Crippen LogP contribution in [0.2, 0.25) is 0 Å². The zero-order chi connectivity index (χ0) is 10.7. The second kappa shape index (κ2) is 4.52. The van der Waals surface area contributed by atoms with E-state index in [1.807, 2.05) is 6.08 Å². The van der Waals surface area contributed by atoms with Gasteiger partial charge in [0.15, 0.2) is 0 Å². The summed E-state index contributed by atoms with van der Waals surface area (Å²) in [7, 11) is 0. The highest BCUT2D eigenvalue weighted by molar-refractivity contribution is 5.20. The van der Waals surface area contributed by atoms with Crippen LogP contribution in [0.15, 0.2) is 24.8 Å². The molecule has 1 nitrogen and oxygen atoms in total. The molecule has 0 unspecified atom stereocenters. The molecule has 1 fully saturated rings. The second-order valence-electron chi connectivity index (χ2n) is 4.83. The molecular weight excluding hydrogens is 184 g/mol. The third-order valence-corrected chi connectivity index (χ3v) is 4.01. The fourth-order valence-corrected chi connectivity index (χ4v) is 3.23.